The molecule has 3 aromatic carbocycles. The molecule has 0 aliphatic carbocycles. The molecular formula is C24H18N8O5. The zero-order valence-electron chi connectivity index (χ0n) is 19.3. The molecule has 3 N–H and O–H groups in total. The number of ether oxygens (including phenoxy) is 3. The van der Waals surface area contributed by atoms with Crippen LogP contribution in [0, 0.1) is 0 Å². The standard InChI is InChI=1S/C24H18N8O5/c1-34-17-8-6-13-4-2-3-5-15(13)16(17)11-26-28-24(33)20-21(14-7-9-18-19(10-14)36-12-35-18)32(31-27-20)23-22(25)29-37-30-23/h2-11H,12H2,1H3,(H2,25,29)(H,28,33). The highest BCUT2D eigenvalue weighted by molar-refractivity contribution is 6.03. The van der Waals surface area contributed by atoms with Crippen molar-refractivity contribution in [3.8, 4) is 34.3 Å². The molecule has 3 heterocycles. The lowest BCUT2D eigenvalue weighted by Crippen LogP contribution is -2.19. The van der Waals surface area contributed by atoms with Gasteiger partial charge in [0.1, 0.15) is 11.4 Å². The Morgan fingerprint density at radius 1 is 1.14 bits per heavy atom. The molecule has 1 aliphatic heterocycles. The minimum absolute atomic E-state index is 0.0278. The number of hydrogen-bond acceptors (Lipinski definition) is 11. The van der Waals surface area contributed by atoms with E-state index in [0.29, 0.717) is 28.4 Å². The van der Waals surface area contributed by atoms with Gasteiger partial charge in [-0.15, -0.1) is 5.10 Å². The first-order valence-corrected chi connectivity index (χ1v) is 11.0. The second-order valence-electron chi connectivity index (χ2n) is 7.84. The Kier molecular flexibility index (Phi) is 5.33. The normalized spacial score (nSPS) is 12.4. The molecular weight excluding hydrogens is 480 g/mol. The van der Waals surface area contributed by atoms with E-state index in [0.717, 1.165) is 10.8 Å². The number of nitrogen functional groups attached to an aromatic ring is 1. The van der Waals surface area contributed by atoms with Crippen LogP contribution in [0.2, 0.25) is 0 Å². The quantitative estimate of drug-likeness (QED) is 0.262. The maximum atomic E-state index is 13.2. The molecule has 0 saturated heterocycles. The molecule has 0 bridgehead atoms. The number of nitrogens with one attached hydrogen (secondary N) is 1. The lowest BCUT2D eigenvalue weighted by Gasteiger charge is -2.08. The topological polar surface area (TPSA) is 165 Å². The summed E-state index contributed by atoms with van der Waals surface area (Å²) < 4.78 is 22.3. The number of rotatable bonds is 6. The van der Waals surface area contributed by atoms with Crippen LogP contribution in [0.4, 0.5) is 5.82 Å². The molecule has 6 rings (SSSR count). The predicted octanol–water partition coefficient (Wildman–Crippen LogP) is 2.55. The van der Waals surface area contributed by atoms with Crippen LogP contribution in [0.15, 0.2) is 64.3 Å². The van der Waals surface area contributed by atoms with Crippen LogP contribution in [0.3, 0.4) is 0 Å². The van der Waals surface area contributed by atoms with Crippen LogP contribution in [-0.2, 0) is 0 Å². The summed E-state index contributed by atoms with van der Waals surface area (Å²) in [5, 5.41) is 21.6. The largest absolute Gasteiger partial charge is 0.496 e. The van der Waals surface area contributed by atoms with Gasteiger partial charge < -0.3 is 19.9 Å². The number of aromatic nitrogens is 5. The number of carbonyl (C=O) groups excluding carboxylic acids is 1. The van der Waals surface area contributed by atoms with Gasteiger partial charge in [0.15, 0.2) is 17.2 Å². The first-order valence-electron chi connectivity index (χ1n) is 11.0. The zero-order chi connectivity index (χ0) is 25.4. The van der Waals surface area contributed by atoms with Crippen molar-refractivity contribution < 1.29 is 23.6 Å². The van der Waals surface area contributed by atoms with Crippen LogP contribution in [-0.4, -0.2) is 51.3 Å². The highest BCUT2D eigenvalue weighted by Crippen LogP contribution is 2.37. The van der Waals surface area contributed by atoms with Crippen molar-refractivity contribution in [2.24, 2.45) is 5.10 Å². The summed E-state index contributed by atoms with van der Waals surface area (Å²) in [7, 11) is 1.57. The molecule has 0 unspecified atom stereocenters. The smallest absolute Gasteiger partial charge is 0.294 e. The molecule has 13 heteroatoms. The van der Waals surface area contributed by atoms with Gasteiger partial charge in [-0.1, -0.05) is 35.5 Å². The SMILES string of the molecule is COc1ccc2ccccc2c1C=NNC(=O)c1nnn(-c2nonc2N)c1-c1ccc2c(c1)OCO2. The summed E-state index contributed by atoms with van der Waals surface area (Å²) in [5.41, 5.74) is 9.88. The highest BCUT2D eigenvalue weighted by atomic mass is 16.7. The Balaban J connectivity index is 1.37. The van der Waals surface area contributed by atoms with Crippen LogP contribution in [0.1, 0.15) is 16.1 Å². The molecule has 5 aromatic rings. The number of methoxy groups -OCH3 is 1. The Labute approximate surface area is 208 Å². The minimum Gasteiger partial charge on any atom is -0.496 e. The van der Waals surface area contributed by atoms with E-state index in [2.05, 4.69) is 31.2 Å². The van der Waals surface area contributed by atoms with E-state index in [-0.39, 0.29) is 29.8 Å². The number of nitrogens with zero attached hydrogens (tertiary/aromatic N) is 6. The lowest BCUT2D eigenvalue weighted by atomic mass is 10.0. The van der Waals surface area contributed by atoms with Crippen molar-refractivity contribution in [2.45, 2.75) is 0 Å². The molecule has 0 atom stereocenters. The third-order valence-corrected chi connectivity index (χ3v) is 5.74. The Hall–Kier alpha value is -5.46. The van der Waals surface area contributed by atoms with Gasteiger partial charge in [0.2, 0.25) is 18.4 Å². The number of benzene rings is 3. The van der Waals surface area contributed by atoms with Crippen molar-refractivity contribution >= 4 is 28.7 Å². The van der Waals surface area contributed by atoms with E-state index in [1.165, 1.54) is 10.9 Å². The molecule has 13 nitrogen and oxygen atoms in total. The molecule has 0 fully saturated rings. The van der Waals surface area contributed by atoms with Crippen molar-refractivity contribution in [3.63, 3.8) is 0 Å². The predicted molar refractivity (Wildman–Crippen MR) is 131 cm³/mol. The summed E-state index contributed by atoms with van der Waals surface area (Å²) in [5.74, 6) is 1.11. The van der Waals surface area contributed by atoms with E-state index in [1.54, 1.807) is 25.3 Å². The van der Waals surface area contributed by atoms with E-state index in [4.69, 9.17) is 24.6 Å². The van der Waals surface area contributed by atoms with Gasteiger partial charge in [0.25, 0.3) is 5.91 Å². The minimum atomic E-state index is -0.621. The van der Waals surface area contributed by atoms with Crippen LogP contribution in [0.25, 0.3) is 27.8 Å². The summed E-state index contributed by atoms with van der Waals surface area (Å²) in [4.78, 5) is 13.2. The third kappa shape index (κ3) is 3.83. The van der Waals surface area contributed by atoms with Gasteiger partial charge in [-0.05, 0) is 45.4 Å². The van der Waals surface area contributed by atoms with E-state index < -0.39 is 5.91 Å². The van der Waals surface area contributed by atoms with Gasteiger partial charge >= 0.3 is 0 Å². The van der Waals surface area contributed by atoms with Gasteiger partial charge in [0.05, 0.1) is 13.3 Å². The van der Waals surface area contributed by atoms with Crippen molar-refractivity contribution in [1.29, 1.82) is 0 Å². The van der Waals surface area contributed by atoms with Crippen LogP contribution in [0.5, 0.6) is 17.2 Å². The van der Waals surface area contributed by atoms with Crippen LogP contribution < -0.4 is 25.4 Å². The number of anilines is 1. The number of carbonyl (C=O) groups is 1. The Morgan fingerprint density at radius 3 is 2.84 bits per heavy atom. The molecule has 0 spiro atoms. The maximum Gasteiger partial charge on any atom is 0.294 e. The van der Waals surface area contributed by atoms with Gasteiger partial charge in [-0.25, -0.2) is 10.1 Å². The van der Waals surface area contributed by atoms with Gasteiger partial charge in [-0.2, -0.15) is 9.78 Å². The van der Waals surface area contributed by atoms with E-state index >= 15 is 0 Å². The average molecular weight is 498 g/mol. The second kappa shape index (κ2) is 8.96. The molecule has 0 saturated carbocycles. The average Bonchev–Trinajstić information content (AvgIpc) is 3.67. The zero-order valence-corrected chi connectivity index (χ0v) is 19.3. The van der Waals surface area contributed by atoms with Crippen molar-refractivity contribution in [1.82, 2.24) is 30.7 Å². The number of fused-ring (bicyclic) bond motifs is 2. The van der Waals surface area contributed by atoms with Crippen LogP contribution >= 0.6 is 0 Å². The second-order valence-corrected chi connectivity index (χ2v) is 7.84. The van der Waals surface area contributed by atoms with Crippen molar-refractivity contribution in [2.75, 3.05) is 19.6 Å². The monoisotopic (exact) mass is 498 g/mol. The van der Waals surface area contributed by atoms with Gasteiger partial charge in [0, 0.05) is 11.1 Å². The van der Waals surface area contributed by atoms with Crippen molar-refractivity contribution in [3.05, 3.63) is 65.9 Å². The summed E-state index contributed by atoms with van der Waals surface area (Å²) in [6, 6.07) is 16.7. The van der Waals surface area contributed by atoms with Gasteiger partial charge in [-0.3, -0.25) is 4.79 Å². The highest BCUT2D eigenvalue weighted by Gasteiger charge is 2.26. The Bertz CT molecular complexity index is 1680. The number of amides is 1. The molecule has 184 valence electrons. The first kappa shape index (κ1) is 22.0. The number of hydrazone groups is 1. The maximum absolute atomic E-state index is 13.2. The fourth-order valence-corrected chi connectivity index (χ4v) is 4.02. The molecule has 1 amide bonds. The first-order chi connectivity index (χ1) is 18.1. The van der Waals surface area contributed by atoms with E-state index in [9.17, 15) is 4.79 Å². The fourth-order valence-electron chi connectivity index (χ4n) is 4.02. The molecule has 0 radical (unpaired) electrons. The summed E-state index contributed by atoms with van der Waals surface area (Å²) >= 11 is 0. The van der Waals surface area contributed by atoms with E-state index in [1.807, 2.05) is 36.4 Å². The number of nitrogens with two attached hydrogens (primary N) is 1. The Morgan fingerprint density at radius 2 is 2.00 bits per heavy atom. The summed E-state index contributed by atoms with van der Waals surface area (Å²) in [6.07, 6.45) is 1.52. The fraction of sp³-hybridized carbons (Fsp3) is 0.0833. The number of hydrogen-bond donors (Lipinski definition) is 2. The molecule has 37 heavy (non-hydrogen) atoms. The lowest BCUT2D eigenvalue weighted by molar-refractivity contribution is 0.0950. The molecule has 2 aromatic heterocycles. The third-order valence-electron chi connectivity index (χ3n) is 5.74. The molecule has 1 aliphatic rings. The summed E-state index contributed by atoms with van der Waals surface area (Å²) in [6.45, 7) is 0.0934.